The van der Waals surface area contributed by atoms with Crippen molar-refractivity contribution in [3.63, 3.8) is 0 Å². The van der Waals surface area contributed by atoms with E-state index in [4.69, 9.17) is 0 Å². The number of hydrogen-bond acceptors (Lipinski definition) is 3. The first kappa shape index (κ1) is 16.8. The van der Waals surface area contributed by atoms with Crippen LogP contribution in [0.2, 0.25) is 0 Å². The predicted octanol–water partition coefficient (Wildman–Crippen LogP) is 1.34. The minimum absolute atomic E-state index is 0.0368. The second-order valence-electron chi connectivity index (χ2n) is 6.21. The first-order valence-corrected chi connectivity index (χ1v) is 8.27. The summed E-state index contributed by atoms with van der Waals surface area (Å²) in [6, 6.07) is 0.0368. The van der Waals surface area contributed by atoms with Crippen LogP contribution in [-0.2, 0) is 13.5 Å². The monoisotopic (exact) mass is 307 g/mol. The van der Waals surface area contributed by atoms with Crippen LogP contribution < -0.4 is 5.32 Å². The number of urea groups is 1. The zero-order valence-electron chi connectivity index (χ0n) is 14.1. The average molecular weight is 307 g/mol. The van der Waals surface area contributed by atoms with Gasteiger partial charge in [-0.25, -0.2) is 9.78 Å². The zero-order valence-corrected chi connectivity index (χ0v) is 14.1. The third kappa shape index (κ3) is 4.73. The maximum absolute atomic E-state index is 12.1. The number of imidazole rings is 1. The van der Waals surface area contributed by atoms with E-state index in [1.807, 2.05) is 31.1 Å². The van der Waals surface area contributed by atoms with Crippen LogP contribution in [0.15, 0.2) is 12.4 Å². The van der Waals surface area contributed by atoms with Gasteiger partial charge in [-0.05, 0) is 31.8 Å². The van der Waals surface area contributed by atoms with E-state index in [2.05, 4.69) is 22.1 Å². The standard InChI is InChI=1S/C16H29N5O/c1-4-21-10-7-14(13-21)12-18-16(22)20(3)9-5-6-15-17-8-11-19(15)2/h8,11,14H,4-7,9-10,12-13H2,1-3H3,(H,18,22)/t14-/m0/s1. The summed E-state index contributed by atoms with van der Waals surface area (Å²) >= 11 is 0. The molecule has 2 rings (SSSR count). The minimum Gasteiger partial charge on any atom is -0.338 e. The minimum atomic E-state index is 0.0368. The highest BCUT2D eigenvalue weighted by molar-refractivity contribution is 5.73. The normalized spacial score (nSPS) is 18.6. The Bertz CT molecular complexity index is 473. The number of aromatic nitrogens is 2. The fraction of sp³-hybridized carbons (Fsp3) is 0.750. The molecule has 0 aliphatic carbocycles. The van der Waals surface area contributed by atoms with Crippen molar-refractivity contribution in [1.82, 2.24) is 24.7 Å². The molecule has 1 N–H and O–H groups in total. The summed E-state index contributed by atoms with van der Waals surface area (Å²) in [5, 5.41) is 3.06. The van der Waals surface area contributed by atoms with Gasteiger partial charge in [0.15, 0.2) is 0 Å². The van der Waals surface area contributed by atoms with Crippen molar-refractivity contribution in [1.29, 1.82) is 0 Å². The topological polar surface area (TPSA) is 53.4 Å². The van der Waals surface area contributed by atoms with Crippen LogP contribution in [0.25, 0.3) is 0 Å². The van der Waals surface area contributed by atoms with Gasteiger partial charge in [0, 0.05) is 52.5 Å². The van der Waals surface area contributed by atoms with Crippen LogP contribution in [0.5, 0.6) is 0 Å². The second kappa shape index (κ2) is 8.17. The van der Waals surface area contributed by atoms with Crippen LogP contribution in [0.4, 0.5) is 4.79 Å². The van der Waals surface area contributed by atoms with Crippen LogP contribution in [0, 0.1) is 5.92 Å². The van der Waals surface area contributed by atoms with Gasteiger partial charge in [0.2, 0.25) is 0 Å². The number of nitrogens with one attached hydrogen (secondary N) is 1. The molecule has 6 nitrogen and oxygen atoms in total. The van der Waals surface area contributed by atoms with Gasteiger partial charge in [-0.15, -0.1) is 0 Å². The van der Waals surface area contributed by atoms with Crippen molar-refractivity contribution in [2.24, 2.45) is 13.0 Å². The smallest absolute Gasteiger partial charge is 0.317 e. The molecule has 2 amide bonds. The Morgan fingerprint density at radius 3 is 3.00 bits per heavy atom. The van der Waals surface area contributed by atoms with E-state index in [0.29, 0.717) is 5.92 Å². The Hall–Kier alpha value is -1.56. The molecule has 2 heterocycles. The molecule has 1 aliphatic rings. The largest absolute Gasteiger partial charge is 0.338 e. The number of carbonyl (C=O) groups excluding carboxylic acids is 1. The lowest BCUT2D eigenvalue weighted by atomic mass is 10.1. The number of nitrogens with zero attached hydrogens (tertiary/aromatic N) is 4. The van der Waals surface area contributed by atoms with E-state index < -0.39 is 0 Å². The number of likely N-dealkylation sites (tertiary alicyclic amines) is 1. The summed E-state index contributed by atoms with van der Waals surface area (Å²) in [4.78, 5) is 20.6. The molecule has 0 aromatic carbocycles. The predicted molar refractivity (Wildman–Crippen MR) is 87.8 cm³/mol. The highest BCUT2D eigenvalue weighted by Crippen LogP contribution is 2.14. The molecule has 0 bridgehead atoms. The summed E-state index contributed by atoms with van der Waals surface area (Å²) in [6.07, 6.45) is 6.79. The number of amides is 2. The van der Waals surface area contributed by atoms with Crippen molar-refractivity contribution in [2.45, 2.75) is 26.2 Å². The molecule has 6 heteroatoms. The highest BCUT2D eigenvalue weighted by Gasteiger charge is 2.21. The molecule has 0 radical (unpaired) electrons. The summed E-state index contributed by atoms with van der Waals surface area (Å²) in [5.41, 5.74) is 0. The molecule has 0 saturated carbocycles. The zero-order chi connectivity index (χ0) is 15.9. The lowest BCUT2D eigenvalue weighted by molar-refractivity contribution is 0.206. The fourth-order valence-electron chi connectivity index (χ4n) is 2.95. The van der Waals surface area contributed by atoms with Gasteiger partial charge in [0.25, 0.3) is 0 Å². The third-order valence-corrected chi connectivity index (χ3v) is 4.52. The van der Waals surface area contributed by atoms with E-state index in [0.717, 1.165) is 51.4 Å². The van der Waals surface area contributed by atoms with Crippen LogP contribution in [-0.4, -0.2) is 65.2 Å². The maximum atomic E-state index is 12.1. The summed E-state index contributed by atoms with van der Waals surface area (Å²) in [7, 11) is 3.86. The Kier molecular flexibility index (Phi) is 6.24. The molecule has 1 aromatic heterocycles. The molecule has 1 aromatic rings. The van der Waals surface area contributed by atoms with Crippen molar-refractivity contribution >= 4 is 6.03 Å². The van der Waals surface area contributed by atoms with E-state index in [9.17, 15) is 4.79 Å². The third-order valence-electron chi connectivity index (χ3n) is 4.52. The molecule has 124 valence electrons. The van der Waals surface area contributed by atoms with Gasteiger partial charge < -0.3 is 19.7 Å². The first-order valence-electron chi connectivity index (χ1n) is 8.27. The molecule has 0 spiro atoms. The molecular formula is C16H29N5O. The lowest BCUT2D eigenvalue weighted by Crippen LogP contribution is -2.40. The van der Waals surface area contributed by atoms with E-state index in [1.54, 1.807) is 4.90 Å². The SMILES string of the molecule is CCN1CC[C@@H](CNC(=O)N(C)CCCc2nccn2C)C1. The summed E-state index contributed by atoms with van der Waals surface area (Å²) in [6.45, 7) is 7.12. The van der Waals surface area contributed by atoms with Gasteiger partial charge in [-0.1, -0.05) is 6.92 Å². The van der Waals surface area contributed by atoms with Gasteiger partial charge in [0.05, 0.1) is 0 Å². The average Bonchev–Trinajstić information content (AvgIpc) is 3.14. The molecule has 0 unspecified atom stereocenters. The number of aryl methyl sites for hydroxylation is 2. The van der Waals surface area contributed by atoms with E-state index >= 15 is 0 Å². The Morgan fingerprint density at radius 1 is 1.55 bits per heavy atom. The van der Waals surface area contributed by atoms with Crippen molar-refractivity contribution in [2.75, 3.05) is 39.8 Å². The number of hydrogen-bond donors (Lipinski definition) is 1. The van der Waals surface area contributed by atoms with Gasteiger partial charge in [-0.3, -0.25) is 0 Å². The first-order chi connectivity index (χ1) is 10.6. The van der Waals surface area contributed by atoms with Crippen molar-refractivity contribution in [3.8, 4) is 0 Å². The van der Waals surface area contributed by atoms with Gasteiger partial charge in [-0.2, -0.15) is 0 Å². The summed E-state index contributed by atoms with van der Waals surface area (Å²) < 4.78 is 2.03. The number of rotatable bonds is 7. The van der Waals surface area contributed by atoms with Crippen LogP contribution >= 0.6 is 0 Å². The molecule has 1 aliphatic heterocycles. The number of carbonyl (C=O) groups is 1. The quantitative estimate of drug-likeness (QED) is 0.827. The molecular weight excluding hydrogens is 278 g/mol. The van der Waals surface area contributed by atoms with Gasteiger partial charge in [0.1, 0.15) is 5.82 Å². The Balaban J connectivity index is 1.61. The van der Waals surface area contributed by atoms with E-state index in [-0.39, 0.29) is 6.03 Å². The Morgan fingerprint density at radius 2 is 2.36 bits per heavy atom. The Labute approximate surface area is 133 Å². The van der Waals surface area contributed by atoms with Crippen molar-refractivity contribution in [3.05, 3.63) is 18.2 Å². The molecule has 1 saturated heterocycles. The molecule has 22 heavy (non-hydrogen) atoms. The fourth-order valence-corrected chi connectivity index (χ4v) is 2.95. The van der Waals surface area contributed by atoms with Gasteiger partial charge >= 0.3 is 6.03 Å². The lowest BCUT2D eigenvalue weighted by Gasteiger charge is -2.19. The maximum Gasteiger partial charge on any atom is 0.317 e. The van der Waals surface area contributed by atoms with Crippen LogP contribution in [0.1, 0.15) is 25.6 Å². The summed E-state index contributed by atoms with van der Waals surface area (Å²) in [5.74, 6) is 1.67. The van der Waals surface area contributed by atoms with Crippen LogP contribution in [0.3, 0.4) is 0 Å². The molecule has 1 atom stereocenters. The van der Waals surface area contributed by atoms with Crippen molar-refractivity contribution < 1.29 is 4.79 Å². The highest BCUT2D eigenvalue weighted by atomic mass is 16.2. The van der Waals surface area contributed by atoms with E-state index in [1.165, 1.54) is 6.42 Å². The molecule has 1 fully saturated rings. The second-order valence-corrected chi connectivity index (χ2v) is 6.21.